The zero-order chi connectivity index (χ0) is 18.7. The number of nitrogens with two attached hydrogens (primary N) is 1. The van der Waals surface area contributed by atoms with Crippen LogP contribution in [0.2, 0.25) is 0 Å². The highest BCUT2D eigenvalue weighted by molar-refractivity contribution is 7.88. The average Bonchev–Trinajstić information content (AvgIpc) is 2.60. The number of alkyl halides is 1. The fourth-order valence-corrected chi connectivity index (χ4v) is 4.16. The van der Waals surface area contributed by atoms with Gasteiger partial charge in [0.1, 0.15) is 17.6 Å². The van der Waals surface area contributed by atoms with E-state index >= 15 is 0 Å². The maximum absolute atomic E-state index is 11.5. The summed E-state index contributed by atoms with van der Waals surface area (Å²) >= 11 is 5.80. The van der Waals surface area contributed by atoms with Crippen molar-refractivity contribution >= 4 is 21.6 Å². The molecule has 2 aromatic carbocycles. The van der Waals surface area contributed by atoms with Crippen LogP contribution >= 0.6 is 11.6 Å². The van der Waals surface area contributed by atoms with E-state index in [0.29, 0.717) is 11.4 Å². The van der Waals surface area contributed by atoms with Crippen molar-refractivity contribution in [2.45, 2.75) is 31.1 Å². The maximum atomic E-state index is 11.5. The summed E-state index contributed by atoms with van der Waals surface area (Å²) in [5.41, 5.74) is 3.49. The summed E-state index contributed by atoms with van der Waals surface area (Å²) in [6.07, 6.45) is 2.47. The molecule has 0 spiro atoms. The number of halogens is 1. The van der Waals surface area contributed by atoms with Crippen LogP contribution < -0.4 is 14.6 Å². The number of fused-ring (bicyclic) bond motifs is 3. The fourth-order valence-electron chi connectivity index (χ4n) is 3.33. The minimum Gasteiger partial charge on any atom is -0.496 e. The Hall–Kier alpha value is -1.76. The largest absolute Gasteiger partial charge is 0.496 e. The maximum Gasteiger partial charge on any atom is 0.213 e. The monoisotopic (exact) mass is 395 g/mol. The van der Waals surface area contributed by atoms with E-state index in [-0.39, 0.29) is 11.9 Å². The van der Waals surface area contributed by atoms with Gasteiger partial charge in [0, 0.05) is 11.4 Å². The number of hydrogen-bond acceptors (Lipinski definition) is 4. The van der Waals surface area contributed by atoms with Gasteiger partial charge in [-0.1, -0.05) is 24.3 Å². The molecule has 0 saturated heterocycles. The van der Waals surface area contributed by atoms with E-state index in [1.807, 2.05) is 30.3 Å². The molecule has 1 aliphatic rings. The first-order valence-electron chi connectivity index (χ1n) is 8.46. The molecule has 0 saturated carbocycles. The normalized spacial score (nSPS) is 15.7. The molecule has 0 fully saturated rings. The molecule has 5 nitrogen and oxygen atoms in total. The summed E-state index contributed by atoms with van der Waals surface area (Å²) in [5.74, 6) is 1.90. The van der Waals surface area contributed by atoms with Crippen molar-refractivity contribution < 1.29 is 17.9 Å². The Kier molecular flexibility index (Phi) is 5.75. The second-order valence-corrected chi connectivity index (χ2v) is 8.35. The van der Waals surface area contributed by atoms with Gasteiger partial charge in [-0.3, -0.25) is 0 Å². The molecule has 1 unspecified atom stereocenters. The van der Waals surface area contributed by atoms with Crippen molar-refractivity contribution in [3.8, 4) is 22.6 Å². The molecule has 1 atom stereocenters. The van der Waals surface area contributed by atoms with E-state index in [1.54, 1.807) is 13.2 Å². The summed E-state index contributed by atoms with van der Waals surface area (Å²) < 4.78 is 34.7. The molecule has 7 heteroatoms. The smallest absolute Gasteiger partial charge is 0.213 e. The predicted molar refractivity (Wildman–Crippen MR) is 103 cm³/mol. The molecule has 0 radical (unpaired) electrons. The van der Waals surface area contributed by atoms with Crippen LogP contribution in [0, 0.1) is 0 Å². The summed E-state index contributed by atoms with van der Waals surface area (Å²) in [6.45, 7) is 0. The Balaban J connectivity index is 2.07. The van der Waals surface area contributed by atoms with Crippen molar-refractivity contribution in [1.82, 2.24) is 0 Å². The first-order chi connectivity index (χ1) is 12.4. The minimum absolute atomic E-state index is 0.159. The number of methoxy groups -OCH3 is 1. The van der Waals surface area contributed by atoms with Gasteiger partial charge in [0.05, 0.1) is 18.4 Å². The van der Waals surface area contributed by atoms with E-state index in [2.05, 4.69) is 0 Å². The van der Waals surface area contributed by atoms with E-state index in [4.69, 9.17) is 26.2 Å². The van der Waals surface area contributed by atoms with Crippen molar-refractivity contribution in [2.75, 3.05) is 13.0 Å². The lowest BCUT2D eigenvalue weighted by molar-refractivity contribution is 0.187. The van der Waals surface area contributed by atoms with Gasteiger partial charge in [-0.05, 0) is 42.5 Å². The Morgan fingerprint density at radius 3 is 2.73 bits per heavy atom. The van der Waals surface area contributed by atoms with E-state index in [0.717, 1.165) is 47.5 Å². The first-order valence-corrected chi connectivity index (χ1v) is 10.7. The Morgan fingerprint density at radius 2 is 2.04 bits per heavy atom. The standard InChI is InChI=1S/C19H22ClNO4S/c1-24-17-6-4-7-18-19(17)14-9-8-13(12-26(21,22)23)11-15(14)16(25-18)5-2-3-10-20/h4,6-9,11,16H,2-3,5,10,12H2,1H3,(H2,21,22,23). The Bertz CT molecular complexity index is 898. The van der Waals surface area contributed by atoms with E-state index in [9.17, 15) is 8.42 Å². The minimum atomic E-state index is -3.60. The molecule has 0 aromatic heterocycles. The summed E-state index contributed by atoms with van der Waals surface area (Å²) in [7, 11) is -1.98. The summed E-state index contributed by atoms with van der Waals surface area (Å²) in [6, 6.07) is 11.3. The molecule has 140 valence electrons. The Morgan fingerprint density at radius 1 is 1.23 bits per heavy atom. The summed E-state index contributed by atoms with van der Waals surface area (Å²) in [5, 5.41) is 5.20. The van der Waals surface area contributed by atoms with E-state index in [1.165, 1.54) is 0 Å². The van der Waals surface area contributed by atoms with Crippen LogP contribution in [0.1, 0.15) is 36.5 Å². The van der Waals surface area contributed by atoms with Gasteiger partial charge < -0.3 is 9.47 Å². The van der Waals surface area contributed by atoms with Gasteiger partial charge >= 0.3 is 0 Å². The van der Waals surface area contributed by atoms with Gasteiger partial charge in [-0.15, -0.1) is 11.6 Å². The molecule has 0 amide bonds. The molecule has 0 bridgehead atoms. The number of ether oxygens (including phenoxy) is 2. The lowest BCUT2D eigenvalue weighted by atomic mass is 9.89. The van der Waals surface area contributed by atoms with Crippen molar-refractivity contribution in [1.29, 1.82) is 0 Å². The van der Waals surface area contributed by atoms with Crippen molar-refractivity contribution in [2.24, 2.45) is 5.14 Å². The number of hydrogen-bond donors (Lipinski definition) is 1. The second kappa shape index (κ2) is 7.86. The summed E-state index contributed by atoms with van der Waals surface area (Å²) in [4.78, 5) is 0. The number of rotatable bonds is 7. The zero-order valence-electron chi connectivity index (χ0n) is 14.6. The van der Waals surface area contributed by atoms with Crippen LogP contribution in [0.25, 0.3) is 11.1 Å². The SMILES string of the molecule is COc1cccc2c1-c1ccc(CS(N)(=O)=O)cc1C(CCCCCl)O2. The molecule has 3 rings (SSSR count). The van der Waals surface area contributed by atoms with Crippen LogP contribution in [-0.2, 0) is 15.8 Å². The Labute approximate surface area is 159 Å². The van der Waals surface area contributed by atoms with Gasteiger partial charge in [0.15, 0.2) is 0 Å². The fraction of sp³-hybridized carbons (Fsp3) is 0.368. The lowest BCUT2D eigenvalue weighted by Gasteiger charge is -2.30. The molecular weight excluding hydrogens is 374 g/mol. The zero-order valence-corrected chi connectivity index (χ0v) is 16.1. The van der Waals surface area contributed by atoms with Crippen molar-refractivity contribution in [3.63, 3.8) is 0 Å². The molecular formula is C19H22ClNO4S. The number of primary sulfonamides is 1. The second-order valence-electron chi connectivity index (χ2n) is 6.35. The third kappa shape index (κ3) is 4.14. The highest BCUT2D eigenvalue weighted by Gasteiger charge is 2.28. The van der Waals surface area contributed by atoms with E-state index < -0.39 is 10.0 Å². The third-order valence-corrected chi connectivity index (χ3v) is 5.43. The molecule has 26 heavy (non-hydrogen) atoms. The molecule has 1 heterocycles. The van der Waals surface area contributed by atoms with Gasteiger partial charge in [-0.2, -0.15) is 0 Å². The molecule has 1 aliphatic heterocycles. The van der Waals surface area contributed by atoms with Crippen LogP contribution in [0.4, 0.5) is 0 Å². The van der Waals surface area contributed by atoms with Crippen LogP contribution in [0.5, 0.6) is 11.5 Å². The molecule has 2 aromatic rings. The topological polar surface area (TPSA) is 78.6 Å². The van der Waals surface area contributed by atoms with Crippen LogP contribution in [-0.4, -0.2) is 21.4 Å². The number of sulfonamides is 1. The highest BCUT2D eigenvalue weighted by atomic mass is 35.5. The molecule has 0 aliphatic carbocycles. The first kappa shape index (κ1) is 19.0. The van der Waals surface area contributed by atoms with Crippen LogP contribution in [0.15, 0.2) is 36.4 Å². The van der Waals surface area contributed by atoms with Gasteiger partial charge in [0.25, 0.3) is 0 Å². The van der Waals surface area contributed by atoms with Crippen LogP contribution in [0.3, 0.4) is 0 Å². The average molecular weight is 396 g/mol. The number of benzene rings is 2. The van der Waals surface area contributed by atoms with Crippen molar-refractivity contribution in [3.05, 3.63) is 47.5 Å². The lowest BCUT2D eigenvalue weighted by Crippen LogP contribution is -2.17. The third-order valence-electron chi connectivity index (χ3n) is 4.43. The number of unbranched alkanes of at least 4 members (excludes halogenated alkanes) is 1. The van der Waals surface area contributed by atoms with Gasteiger partial charge in [-0.25, -0.2) is 13.6 Å². The van der Waals surface area contributed by atoms with Gasteiger partial charge in [0.2, 0.25) is 10.0 Å². The quantitative estimate of drug-likeness (QED) is 0.567. The predicted octanol–water partition coefficient (Wildman–Crippen LogP) is 3.99. The molecule has 2 N–H and O–H groups in total. The highest BCUT2D eigenvalue weighted by Crippen LogP contribution is 2.48.